The summed E-state index contributed by atoms with van der Waals surface area (Å²) >= 11 is 5.94. The van der Waals surface area contributed by atoms with Gasteiger partial charge in [0.25, 0.3) is 0 Å². The topological polar surface area (TPSA) is 58.2 Å². The fourth-order valence-corrected chi connectivity index (χ4v) is 2.58. The molecule has 2 aromatic rings. The van der Waals surface area contributed by atoms with Crippen LogP contribution in [0.3, 0.4) is 0 Å². The molecule has 2 N–H and O–H groups in total. The van der Waals surface area contributed by atoms with Crippen LogP contribution in [0.25, 0.3) is 0 Å². The summed E-state index contributed by atoms with van der Waals surface area (Å²) in [5.41, 5.74) is 1.45. The number of halogens is 2. The number of anilines is 2. The van der Waals surface area contributed by atoms with E-state index in [-0.39, 0.29) is 12.4 Å². The molecule has 0 aliphatic rings. The summed E-state index contributed by atoms with van der Waals surface area (Å²) in [5, 5.41) is 3.35. The number of rotatable bonds is 5. The van der Waals surface area contributed by atoms with Gasteiger partial charge < -0.3 is 5.32 Å². The second kappa shape index (κ2) is 6.32. The van der Waals surface area contributed by atoms with Crippen molar-refractivity contribution in [3.05, 3.63) is 58.9 Å². The number of sulfonamides is 1. The summed E-state index contributed by atoms with van der Waals surface area (Å²) in [4.78, 5) is 0. The average molecular weight is 329 g/mol. The highest BCUT2D eigenvalue weighted by Crippen LogP contribution is 2.21. The number of hydrogen-bond donors (Lipinski definition) is 2. The highest BCUT2D eigenvalue weighted by atomic mass is 35.5. The first-order valence-corrected chi connectivity index (χ1v) is 8.37. The van der Waals surface area contributed by atoms with Gasteiger partial charge >= 0.3 is 0 Å². The van der Waals surface area contributed by atoms with Gasteiger partial charge in [0, 0.05) is 22.8 Å². The molecule has 21 heavy (non-hydrogen) atoms. The molecule has 0 atom stereocenters. The van der Waals surface area contributed by atoms with Crippen LogP contribution in [0.1, 0.15) is 5.56 Å². The molecule has 4 nitrogen and oxygen atoms in total. The second-order valence-corrected chi connectivity index (χ2v) is 6.66. The Bertz CT molecular complexity index is 730. The van der Waals surface area contributed by atoms with Gasteiger partial charge in [0.2, 0.25) is 10.0 Å². The lowest BCUT2D eigenvalue weighted by Crippen LogP contribution is -2.10. The highest BCUT2D eigenvalue weighted by Gasteiger charge is 2.07. The molecule has 0 unspecified atom stereocenters. The Morgan fingerprint density at radius 3 is 2.48 bits per heavy atom. The maximum absolute atomic E-state index is 13.6. The predicted octanol–water partition coefficient (Wildman–Crippen LogP) is 3.46. The Balaban J connectivity index is 2.12. The van der Waals surface area contributed by atoms with Gasteiger partial charge in [-0.3, -0.25) is 4.72 Å². The largest absolute Gasteiger partial charge is 0.381 e. The van der Waals surface area contributed by atoms with Gasteiger partial charge in [-0.2, -0.15) is 0 Å². The van der Waals surface area contributed by atoms with Crippen molar-refractivity contribution in [1.82, 2.24) is 0 Å². The van der Waals surface area contributed by atoms with Gasteiger partial charge in [-0.15, -0.1) is 0 Å². The molecular formula is C14H14ClFN2O2S. The maximum atomic E-state index is 13.6. The Kier molecular flexibility index (Phi) is 4.69. The van der Waals surface area contributed by atoms with Gasteiger partial charge in [0.05, 0.1) is 11.9 Å². The zero-order chi connectivity index (χ0) is 15.5. The van der Waals surface area contributed by atoms with Crippen molar-refractivity contribution < 1.29 is 12.8 Å². The predicted molar refractivity (Wildman–Crippen MR) is 83.6 cm³/mol. The van der Waals surface area contributed by atoms with Crippen LogP contribution in [0.5, 0.6) is 0 Å². The summed E-state index contributed by atoms with van der Waals surface area (Å²) in [7, 11) is -3.33. The lowest BCUT2D eigenvalue weighted by Gasteiger charge is -2.11. The van der Waals surface area contributed by atoms with Crippen LogP contribution in [0.4, 0.5) is 15.8 Å². The summed E-state index contributed by atoms with van der Waals surface area (Å²) in [6, 6.07) is 11.2. The van der Waals surface area contributed by atoms with E-state index in [0.717, 1.165) is 6.26 Å². The molecule has 0 spiro atoms. The van der Waals surface area contributed by atoms with Crippen LogP contribution >= 0.6 is 11.6 Å². The second-order valence-electron chi connectivity index (χ2n) is 4.51. The molecule has 112 valence electrons. The van der Waals surface area contributed by atoms with Crippen LogP contribution in [0.15, 0.2) is 42.5 Å². The molecule has 2 rings (SSSR count). The minimum Gasteiger partial charge on any atom is -0.381 e. The molecule has 2 aromatic carbocycles. The fraction of sp³-hybridized carbons (Fsp3) is 0.143. The third-order valence-electron chi connectivity index (χ3n) is 2.70. The minimum atomic E-state index is -3.33. The standard InChI is InChI=1S/C14H14ClFN2O2S/c1-21(19,20)18-11-5-2-4-10(8-11)17-9-12-13(15)6-3-7-14(12)16/h2-8,17-18H,9H2,1H3. The summed E-state index contributed by atoms with van der Waals surface area (Å²) in [6.07, 6.45) is 1.08. The molecule has 0 radical (unpaired) electrons. The third kappa shape index (κ3) is 4.61. The normalized spacial score (nSPS) is 11.2. The third-order valence-corrected chi connectivity index (χ3v) is 3.66. The molecule has 0 saturated carbocycles. The fourth-order valence-electron chi connectivity index (χ4n) is 1.80. The van der Waals surface area contributed by atoms with Crippen molar-refractivity contribution in [2.45, 2.75) is 6.54 Å². The van der Waals surface area contributed by atoms with E-state index in [1.165, 1.54) is 12.1 Å². The van der Waals surface area contributed by atoms with Gasteiger partial charge in [-0.25, -0.2) is 12.8 Å². The summed E-state index contributed by atoms with van der Waals surface area (Å²) in [5.74, 6) is -0.389. The van der Waals surface area contributed by atoms with Gasteiger partial charge in [-0.05, 0) is 30.3 Å². The van der Waals surface area contributed by atoms with Crippen LogP contribution < -0.4 is 10.0 Å². The number of benzene rings is 2. The molecule has 0 heterocycles. The zero-order valence-corrected chi connectivity index (χ0v) is 12.8. The number of nitrogens with one attached hydrogen (secondary N) is 2. The van der Waals surface area contributed by atoms with E-state index >= 15 is 0 Å². The van der Waals surface area contributed by atoms with Crippen LogP contribution in [0, 0.1) is 5.82 Å². The van der Waals surface area contributed by atoms with E-state index in [1.807, 2.05) is 0 Å². The Hall–Kier alpha value is -1.79. The van der Waals surface area contributed by atoms with Crippen LogP contribution in [0.2, 0.25) is 5.02 Å². The first kappa shape index (κ1) is 15.6. The lowest BCUT2D eigenvalue weighted by atomic mass is 10.2. The van der Waals surface area contributed by atoms with Gasteiger partial charge in [-0.1, -0.05) is 23.7 Å². The lowest BCUT2D eigenvalue weighted by molar-refractivity contribution is 0.606. The van der Waals surface area contributed by atoms with Crippen LogP contribution in [-0.4, -0.2) is 14.7 Å². The molecule has 0 aliphatic heterocycles. The Morgan fingerprint density at radius 1 is 1.14 bits per heavy atom. The smallest absolute Gasteiger partial charge is 0.229 e. The van der Waals surface area contributed by atoms with Crippen molar-refractivity contribution in [3.63, 3.8) is 0 Å². The Labute approximate surface area is 128 Å². The van der Waals surface area contributed by atoms with Crippen molar-refractivity contribution in [3.8, 4) is 0 Å². The summed E-state index contributed by atoms with van der Waals surface area (Å²) < 4.78 is 38.4. The molecular weight excluding hydrogens is 315 g/mol. The van der Waals surface area contributed by atoms with Crippen molar-refractivity contribution in [2.75, 3.05) is 16.3 Å². The average Bonchev–Trinajstić information content (AvgIpc) is 2.36. The molecule has 0 bridgehead atoms. The highest BCUT2D eigenvalue weighted by molar-refractivity contribution is 7.92. The van der Waals surface area contributed by atoms with Crippen molar-refractivity contribution >= 4 is 33.0 Å². The Morgan fingerprint density at radius 2 is 1.81 bits per heavy atom. The van der Waals surface area contributed by atoms with E-state index in [2.05, 4.69) is 10.0 Å². The van der Waals surface area contributed by atoms with E-state index in [1.54, 1.807) is 30.3 Å². The van der Waals surface area contributed by atoms with E-state index < -0.39 is 10.0 Å². The SMILES string of the molecule is CS(=O)(=O)Nc1cccc(NCc2c(F)cccc2Cl)c1. The first-order chi connectivity index (χ1) is 9.85. The molecule has 0 fully saturated rings. The van der Waals surface area contributed by atoms with E-state index in [9.17, 15) is 12.8 Å². The molecule has 0 amide bonds. The minimum absolute atomic E-state index is 0.202. The van der Waals surface area contributed by atoms with Crippen molar-refractivity contribution in [1.29, 1.82) is 0 Å². The molecule has 7 heteroatoms. The monoisotopic (exact) mass is 328 g/mol. The van der Waals surface area contributed by atoms with Gasteiger partial charge in [0.15, 0.2) is 0 Å². The maximum Gasteiger partial charge on any atom is 0.229 e. The molecule has 0 aromatic heterocycles. The van der Waals surface area contributed by atoms with E-state index in [4.69, 9.17) is 11.6 Å². The van der Waals surface area contributed by atoms with Gasteiger partial charge in [0.1, 0.15) is 5.82 Å². The number of hydrogen-bond acceptors (Lipinski definition) is 3. The van der Waals surface area contributed by atoms with Crippen molar-refractivity contribution in [2.24, 2.45) is 0 Å². The van der Waals surface area contributed by atoms with Crippen LogP contribution in [-0.2, 0) is 16.6 Å². The molecule has 0 aliphatic carbocycles. The zero-order valence-electron chi connectivity index (χ0n) is 11.2. The van der Waals surface area contributed by atoms with E-state index in [0.29, 0.717) is 22.0 Å². The quantitative estimate of drug-likeness (QED) is 0.883. The first-order valence-electron chi connectivity index (χ1n) is 6.10. The summed E-state index contributed by atoms with van der Waals surface area (Å²) in [6.45, 7) is 0.202. The molecule has 0 saturated heterocycles.